The molecular weight excluding hydrogens is 280 g/mol. The average molecular weight is 306 g/mol. The van der Waals surface area contributed by atoms with Crippen LogP contribution in [0.5, 0.6) is 0 Å². The van der Waals surface area contributed by atoms with Gasteiger partial charge in [0.15, 0.2) is 5.82 Å². The van der Waals surface area contributed by atoms with Gasteiger partial charge in [-0.3, -0.25) is 9.89 Å². The Kier molecular flexibility index (Phi) is 4.76. The quantitative estimate of drug-likeness (QED) is 0.925. The van der Waals surface area contributed by atoms with Crippen LogP contribution in [0.4, 0.5) is 0 Å². The van der Waals surface area contributed by atoms with Crippen molar-refractivity contribution in [3.05, 3.63) is 11.6 Å². The van der Waals surface area contributed by atoms with Crippen LogP contribution >= 0.6 is 0 Å². The fraction of sp³-hybridized carbons (Fsp3) is 0.812. The molecule has 122 valence electrons. The highest BCUT2D eigenvalue weighted by molar-refractivity contribution is 5.76. The molecule has 2 fully saturated rings. The maximum atomic E-state index is 12.4. The van der Waals surface area contributed by atoms with Gasteiger partial charge in [0.1, 0.15) is 5.82 Å². The minimum absolute atomic E-state index is 0.250. The molecule has 0 bridgehead atoms. The molecule has 0 aromatic carbocycles. The van der Waals surface area contributed by atoms with E-state index in [9.17, 15) is 4.79 Å². The number of ether oxygens (including phenoxy) is 1. The zero-order valence-electron chi connectivity index (χ0n) is 13.5. The molecule has 3 unspecified atom stereocenters. The van der Waals surface area contributed by atoms with Gasteiger partial charge in [-0.1, -0.05) is 0 Å². The summed E-state index contributed by atoms with van der Waals surface area (Å²) in [6.45, 7) is 5.62. The van der Waals surface area contributed by atoms with E-state index in [4.69, 9.17) is 4.74 Å². The molecule has 2 saturated heterocycles. The van der Waals surface area contributed by atoms with Gasteiger partial charge in [0.2, 0.25) is 5.91 Å². The third kappa shape index (κ3) is 3.66. The maximum Gasteiger partial charge on any atom is 0.222 e. The van der Waals surface area contributed by atoms with Crippen molar-refractivity contribution in [1.82, 2.24) is 20.1 Å². The number of H-pyrrole nitrogens is 1. The van der Waals surface area contributed by atoms with Gasteiger partial charge >= 0.3 is 0 Å². The molecule has 6 nitrogen and oxygen atoms in total. The molecule has 6 heteroatoms. The lowest BCUT2D eigenvalue weighted by molar-refractivity contribution is -0.133. The Morgan fingerprint density at radius 1 is 1.41 bits per heavy atom. The zero-order chi connectivity index (χ0) is 15.5. The number of rotatable bonds is 4. The molecule has 1 aromatic heterocycles. The molecule has 1 aromatic rings. The number of hydrogen-bond acceptors (Lipinski definition) is 4. The second-order valence-corrected chi connectivity index (χ2v) is 6.64. The van der Waals surface area contributed by atoms with Gasteiger partial charge in [0.25, 0.3) is 0 Å². The maximum absolute atomic E-state index is 12.4. The molecule has 3 heterocycles. The van der Waals surface area contributed by atoms with E-state index >= 15 is 0 Å². The molecule has 1 N–H and O–H groups in total. The van der Waals surface area contributed by atoms with Gasteiger partial charge in [-0.25, -0.2) is 4.98 Å². The molecule has 0 saturated carbocycles. The first-order chi connectivity index (χ1) is 10.6. The summed E-state index contributed by atoms with van der Waals surface area (Å²) in [5.74, 6) is 2.21. The fourth-order valence-electron chi connectivity index (χ4n) is 3.50. The number of amides is 1. The van der Waals surface area contributed by atoms with Gasteiger partial charge in [-0.2, -0.15) is 5.10 Å². The minimum atomic E-state index is 0.250. The lowest BCUT2D eigenvalue weighted by Crippen LogP contribution is -2.39. The second kappa shape index (κ2) is 6.77. The predicted octanol–water partition coefficient (Wildman–Crippen LogP) is 2.17. The van der Waals surface area contributed by atoms with Crippen LogP contribution in [0, 0.1) is 6.92 Å². The van der Waals surface area contributed by atoms with Crippen molar-refractivity contribution in [2.45, 2.75) is 70.5 Å². The number of nitrogens with zero attached hydrogens (tertiary/aromatic N) is 3. The van der Waals surface area contributed by atoms with E-state index < -0.39 is 0 Å². The molecular formula is C16H26N4O2. The third-order valence-corrected chi connectivity index (χ3v) is 4.75. The number of likely N-dealkylation sites (tertiary alicyclic amines) is 1. The minimum Gasteiger partial charge on any atom is -0.375 e. The zero-order valence-corrected chi connectivity index (χ0v) is 13.5. The van der Waals surface area contributed by atoms with E-state index in [1.165, 1.54) is 0 Å². The van der Waals surface area contributed by atoms with E-state index in [1.807, 2.05) is 11.8 Å². The molecule has 0 radical (unpaired) electrons. The molecule has 0 aliphatic carbocycles. The number of aromatic nitrogens is 3. The number of piperidine rings is 1. The predicted molar refractivity (Wildman–Crippen MR) is 82.5 cm³/mol. The summed E-state index contributed by atoms with van der Waals surface area (Å²) in [5.41, 5.74) is 0. The number of nitrogens with one attached hydrogen (secondary N) is 1. The lowest BCUT2D eigenvalue weighted by atomic mass is 9.97. The van der Waals surface area contributed by atoms with Gasteiger partial charge in [0.05, 0.1) is 12.2 Å². The lowest BCUT2D eigenvalue weighted by Gasteiger charge is -2.31. The summed E-state index contributed by atoms with van der Waals surface area (Å²) in [4.78, 5) is 18.8. The van der Waals surface area contributed by atoms with Crippen molar-refractivity contribution < 1.29 is 9.53 Å². The van der Waals surface area contributed by atoms with Crippen LogP contribution in [0.3, 0.4) is 0 Å². The van der Waals surface area contributed by atoms with Crippen LogP contribution in [0.1, 0.15) is 63.0 Å². The fourth-order valence-corrected chi connectivity index (χ4v) is 3.50. The number of carbonyl (C=O) groups is 1. The summed E-state index contributed by atoms with van der Waals surface area (Å²) >= 11 is 0. The van der Waals surface area contributed by atoms with Gasteiger partial charge in [-0.15, -0.1) is 0 Å². The Bertz CT molecular complexity index is 516. The number of hydrogen-bond donors (Lipinski definition) is 1. The van der Waals surface area contributed by atoms with Crippen molar-refractivity contribution in [3.8, 4) is 0 Å². The highest BCUT2D eigenvalue weighted by Gasteiger charge is 2.28. The van der Waals surface area contributed by atoms with E-state index in [-0.39, 0.29) is 17.9 Å². The van der Waals surface area contributed by atoms with Crippen molar-refractivity contribution in [1.29, 1.82) is 0 Å². The monoisotopic (exact) mass is 306 g/mol. The van der Waals surface area contributed by atoms with E-state index in [0.717, 1.165) is 56.8 Å². The summed E-state index contributed by atoms with van der Waals surface area (Å²) in [5, 5.41) is 7.15. The molecule has 0 spiro atoms. The van der Waals surface area contributed by atoms with Crippen LogP contribution in [0.25, 0.3) is 0 Å². The summed E-state index contributed by atoms with van der Waals surface area (Å²) in [6.07, 6.45) is 6.37. The SMILES string of the molecule is Cc1nc(C2CCCN(C(=O)CCC3CCC(C)O3)C2)n[nH]1. The molecule has 22 heavy (non-hydrogen) atoms. The largest absolute Gasteiger partial charge is 0.375 e. The van der Waals surface area contributed by atoms with Crippen LogP contribution in [0.2, 0.25) is 0 Å². The first-order valence-corrected chi connectivity index (χ1v) is 8.44. The van der Waals surface area contributed by atoms with Crippen LogP contribution in [-0.2, 0) is 9.53 Å². The Morgan fingerprint density at radius 2 is 2.27 bits per heavy atom. The molecule has 2 aliphatic heterocycles. The van der Waals surface area contributed by atoms with Gasteiger partial charge < -0.3 is 9.64 Å². The Balaban J connectivity index is 1.49. The third-order valence-electron chi connectivity index (χ3n) is 4.75. The second-order valence-electron chi connectivity index (χ2n) is 6.64. The average Bonchev–Trinajstić information content (AvgIpc) is 3.13. The first-order valence-electron chi connectivity index (χ1n) is 8.44. The molecule has 3 atom stereocenters. The highest BCUT2D eigenvalue weighted by atomic mass is 16.5. The topological polar surface area (TPSA) is 71.1 Å². The Labute approximate surface area is 131 Å². The highest BCUT2D eigenvalue weighted by Crippen LogP contribution is 2.26. The number of aromatic amines is 1. The first kappa shape index (κ1) is 15.5. The van der Waals surface area contributed by atoms with Crippen LogP contribution in [0.15, 0.2) is 0 Å². The Morgan fingerprint density at radius 3 is 2.95 bits per heavy atom. The molecule has 1 amide bonds. The number of aryl methyl sites for hydroxylation is 1. The van der Waals surface area contributed by atoms with Crippen molar-refractivity contribution in [3.63, 3.8) is 0 Å². The molecule has 2 aliphatic rings. The summed E-state index contributed by atoms with van der Waals surface area (Å²) in [6, 6.07) is 0. The Hall–Kier alpha value is -1.43. The van der Waals surface area contributed by atoms with Crippen LogP contribution < -0.4 is 0 Å². The van der Waals surface area contributed by atoms with E-state index in [1.54, 1.807) is 0 Å². The van der Waals surface area contributed by atoms with Gasteiger partial charge in [0, 0.05) is 25.4 Å². The van der Waals surface area contributed by atoms with E-state index in [0.29, 0.717) is 12.5 Å². The van der Waals surface area contributed by atoms with E-state index in [2.05, 4.69) is 22.1 Å². The smallest absolute Gasteiger partial charge is 0.222 e. The summed E-state index contributed by atoms with van der Waals surface area (Å²) < 4.78 is 5.80. The van der Waals surface area contributed by atoms with Crippen molar-refractivity contribution in [2.75, 3.05) is 13.1 Å². The standard InChI is InChI=1S/C16H26N4O2/c1-11-5-6-14(22-11)7-8-15(21)20-9-3-4-13(10-20)16-17-12(2)18-19-16/h11,13-14H,3-10H2,1-2H3,(H,17,18,19). The van der Waals surface area contributed by atoms with Crippen molar-refractivity contribution >= 4 is 5.91 Å². The summed E-state index contributed by atoms with van der Waals surface area (Å²) in [7, 11) is 0. The van der Waals surface area contributed by atoms with Gasteiger partial charge in [-0.05, 0) is 46.0 Å². The normalized spacial score (nSPS) is 29.0. The number of carbonyl (C=O) groups excluding carboxylic acids is 1. The van der Waals surface area contributed by atoms with Crippen molar-refractivity contribution in [2.24, 2.45) is 0 Å². The molecule has 3 rings (SSSR count). The van der Waals surface area contributed by atoms with Crippen LogP contribution in [-0.4, -0.2) is 51.3 Å².